The van der Waals surface area contributed by atoms with Crippen molar-refractivity contribution in [3.8, 4) is 0 Å². The van der Waals surface area contributed by atoms with Gasteiger partial charge in [-0.15, -0.1) is 34.0 Å². The van der Waals surface area contributed by atoms with E-state index in [1.165, 1.54) is 14.3 Å². The van der Waals surface area contributed by atoms with Crippen molar-refractivity contribution >= 4 is 55.0 Å². The fraction of sp³-hybridized carbons (Fsp3) is 0.0909. The van der Waals surface area contributed by atoms with Crippen molar-refractivity contribution < 1.29 is 0 Å². The van der Waals surface area contributed by atoms with Crippen LogP contribution in [0.1, 0.15) is 15.8 Å². The SMILES string of the molecule is NNC(c1ccc(Cl)s1)c1cc2sccc2s1. The average Bonchev–Trinajstić information content (AvgIpc) is 2.95. The minimum atomic E-state index is 0.0390. The summed E-state index contributed by atoms with van der Waals surface area (Å²) in [5.74, 6) is 5.66. The maximum atomic E-state index is 5.96. The smallest absolute Gasteiger partial charge is 0.0931 e. The second kappa shape index (κ2) is 4.68. The van der Waals surface area contributed by atoms with E-state index in [1.54, 1.807) is 34.0 Å². The van der Waals surface area contributed by atoms with Crippen LogP contribution in [-0.4, -0.2) is 0 Å². The second-order valence-electron chi connectivity index (χ2n) is 3.54. The van der Waals surface area contributed by atoms with Crippen molar-refractivity contribution in [1.82, 2.24) is 5.43 Å². The predicted octanol–water partition coefficient (Wildman–Crippen LogP) is 4.23. The summed E-state index contributed by atoms with van der Waals surface area (Å²) in [5.41, 5.74) is 2.87. The Hall–Kier alpha value is -0.430. The Morgan fingerprint density at radius 3 is 2.65 bits per heavy atom. The lowest BCUT2D eigenvalue weighted by Crippen LogP contribution is -2.27. The van der Waals surface area contributed by atoms with Crippen LogP contribution in [0.15, 0.2) is 29.6 Å². The lowest BCUT2D eigenvalue weighted by molar-refractivity contribution is 0.657. The fourth-order valence-corrected chi connectivity index (χ4v) is 5.13. The number of thiophene rings is 3. The highest BCUT2D eigenvalue weighted by atomic mass is 35.5. The molecule has 6 heteroatoms. The zero-order chi connectivity index (χ0) is 11.8. The molecule has 0 bridgehead atoms. The number of hydrogen-bond donors (Lipinski definition) is 2. The largest absolute Gasteiger partial charge is 0.271 e. The molecule has 1 unspecified atom stereocenters. The molecular weight excluding hydrogens is 292 g/mol. The summed E-state index contributed by atoms with van der Waals surface area (Å²) in [6.07, 6.45) is 0. The van der Waals surface area contributed by atoms with Crippen LogP contribution in [-0.2, 0) is 0 Å². The molecule has 0 fully saturated rings. The summed E-state index contributed by atoms with van der Waals surface area (Å²) in [4.78, 5) is 2.37. The van der Waals surface area contributed by atoms with E-state index in [-0.39, 0.29) is 6.04 Å². The molecule has 0 amide bonds. The zero-order valence-corrected chi connectivity index (χ0v) is 11.8. The molecule has 2 nitrogen and oxygen atoms in total. The third kappa shape index (κ3) is 2.14. The molecule has 0 aliphatic carbocycles. The highest BCUT2D eigenvalue weighted by molar-refractivity contribution is 7.27. The molecule has 88 valence electrons. The zero-order valence-electron chi connectivity index (χ0n) is 8.64. The van der Waals surface area contributed by atoms with Gasteiger partial charge in [0, 0.05) is 19.2 Å². The van der Waals surface area contributed by atoms with Gasteiger partial charge < -0.3 is 0 Å². The second-order valence-corrected chi connectivity index (χ2v) is 7.35. The molecule has 0 spiro atoms. The van der Waals surface area contributed by atoms with E-state index >= 15 is 0 Å². The van der Waals surface area contributed by atoms with Crippen LogP contribution in [0.5, 0.6) is 0 Å². The quantitative estimate of drug-likeness (QED) is 0.561. The summed E-state index contributed by atoms with van der Waals surface area (Å²) >= 11 is 11.1. The molecule has 1 atom stereocenters. The molecule has 0 saturated heterocycles. The highest BCUT2D eigenvalue weighted by Crippen LogP contribution is 2.38. The van der Waals surface area contributed by atoms with Gasteiger partial charge in [0.15, 0.2) is 0 Å². The monoisotopic (exact) mass is 300 g/mol. The van der Waals surface area contributed by atoms with Gasteiger partial charge in [-0.05, 0) is 29.6 Å². The van der Waals surface area contributed by atoms with Crippen molar-refractivity contribution in [2.75, 3.05) is 0 Å². The van der Waals surface area contributed by atoms with E-state index in [2.05, 4.69) is 22.9 Å². The number of rotatable bonds is 3. The third-order valence-corrected chi connectivity index (χ3v) is 5.94. The molecule has 3 heterocycles. The van der Waals surface area contributed by atoms with Crippen molar-refractivity contribution in [3.63, 3.8) is 0 Å². The van der Waals surface area contributed by atoms with E-state index in [0.29, 0.717) is 0 Å². The number of hydrazine groups is 1. The van der Waals surface area contributed by atoms with Gasteiger partial charge in [-0.3, -0.25) is 5.84 Å². The van der Waals surface area contributed by atoms with E-state index < -0.39 is 0 Å². The van der Waals surface area contributed by atoms with Crippen LogP contribution >= 0.6 is 45.6 Å². The van der Waals surface area contributed by atoms with Gasteiger partial charge in [-0.1, -0.05) is 11.6 Å². The molecule has 0 aliphatic heterocycles. The van der Waals surface area contributed by atoms with Gasteiger partial charge in [0.1, 0.15) is 0 Å². The van der Waals surface area contributed by atoms with Gasteiger partial charge in [-0.2, -0.15) is 0 Å². The minimum absolute atomic E-state index is 0.0390. The van der Waals surface area contributed by atoms with Crippen molar-refractivity contribution in [3.05, 3.63) is 43.7 Å². The Labute approximate surface area is 116 Å². The van der Waals surface area contributed by atoms with E-state index in [1.807, 2.05) is 12.1 Å². The molecular formula is C11H9ClN2S3. The molecule has 3 aromatic rings. The summed E-state index contributed by atoms with van der Waals surface area (Å²) in [6, 6.07) is 8.30. The van der Waals surface area contributed by atoms with Gasteiger partial charge in [-0.25, -0.2) is 5.43 Å². The van der Waals surface area contributed by atoms with Gasteiger partial charge in [0.2, 0.25) is 0 Å². The molecule has 3 aromatic heterocycles. The normalized spacial score (nSPS) is 13.3. The summed E-state index contributed by atoms with van der Waals surface area (Å²) in [5, 5.41) is 2.11. The number of hydrogen-bond acceptors (Lipinski definition) is 5. The van der Waals surface area contributed by atoms with Crippen LogP contribution < -0.4 is 11.3 Å². The summed E-state index contributed by atoms with van der Waals surface area (Å²) in [6.45, 7) is 0. The number of fused-ring (bicyclic) bond motifs is 1. The summed E-state index contributed by atoms with van der Waals surface area (Å²) in [7, 11) is 0. The Morgan fingerprint density at radius 1 is 1.12 bits per heavy atom. The average molecular weight is 301 g/mol. The topological polar surface area (TPSA) is 38.0 Å². The molecule has 0 aromatic carbocycles. The van der Waals surface area contributed by atoms with Crippen LogP contribution in [0.4, 0.5) is 0 Å². The Kier molecular flexibility index (Phi) is 3.21. The molecule has 3 rings (SSSR count). The lowest BCUT2D eigenvalue weighted by atomic mass is 10.2. The number of nitrogens with two attached hydrogens (primary N) is 1. The van der Waals surface area contributed by atoms with Gasteiger partial charge >= 0.3 is 0 Å². The van der Waals surface area contributed by atoms with Crippen LogP contribution in [0, 0.1) is 0 Å². The fourth-order valence-electron chi connectivity index (χ4n) is 1.71. The first-order chi connectivity index (χ1) is 8.28. The first-order valence-corrected chi connectivity index (χ1v) is 7.85. The highest BCUT2D eigenvalue weighted by Gasteiger charge is 2.17. The van der Waals surface area contributed by atoms with Gasteiger partial charge in [0.05, 0.1) is 10.4 Å². The number of nitrogens with one attached hydrogen (secondary N) is 1. The molecule has 0 saturated carbocycles. The van der Waals surface area contributed by atoms with Crippen LogP contribution in [0.25, 0.3) is 9.40 Å². The van der Waals surface area contributed by atoms with E-state index in [0.717, 1.165) is 9.21 Å². The standard InChI is InChI=1S/C11H9ClN2S3/c12-10-2-1-7(17-10)11(14-13)9-5-8-6(16-9)3-4-15-8/h1-5,11,14H,13H2. The number of halogens is 1. The van der Waals surface area contributed by atoms with Gasteiger partial charge in [0.25, 0.3) is 0 Å². The molecule has 3 N–H and O–H groups in total. The van der Waals surface area contributed by atoms with E-state index in [9.17, 15) is 0 Å². The Bertz CT molecular complexity index is 611. The maximum Gasteiger partial charge on any atom is 0.0931 e. The lowest BCUT2D eigenvalue weighted by Gasteiger charge is -2.11. The van der Waals surface area contributed by atoms with E-state index in [4.69, 9.17) is 17.4 Å². The molecule has 0 aliphatic rings. The Morgan fingerprint density at radius 2 is 2.00 bits per heavy atom. The minimum Gasteiger partial charge on any atom is -0.271 e. The Balaban J connectivity index is 2.03. The van der Waals surface area contributed by atoms with Crippen molar-refractivity contribution in [2.24, 2.45) is 5.84 Å². The van der Waals surface area contributed by atoms with Crippen molar-refractivity contribution in [2.45, 2.75) is 6.04 Å². The first kappa shape index (κ1) is 11.6. The summed E-state index contributed by atoms with van der Waals surface area (Å²) < 4.78 is 3.42. The predicted molar refractivity (Wildman–Crippen MR) is 78.2 cm³/mol. The van der Waals surface area contributed by atoms with Crippen molar-refractivity contribution in [1.29, 1.82) is 0 Å². The third-order valence-electron chi connectivity index (χ3n) is 2.49. The maximum absolute atomic E-state index is 5.96. The van der Waals surface area contributed by atoms with Crippen LogP contribution in [0.2, 0.25) is 4.34 Å². The molecule has 17 heavy (non-hydrogen) atoms. The molecule has 0 radical (unpaired) electrons. The van der Waals surface area contributed by atoms with Crippen LogP contribution in [0.3, 0.4) is 0 Å². The first-order valence-electron chi connectivity index (χ1n) is 4.96.